The Morgan fingerprint density at radius 1 is 1.59 bits per heavy atom. The van der Waals surface area contributed by atoms with Gasteiger partial charge in [0, 0.05) is 0 Å². The lowest BCUT2D eigenvalue weighted by Crippen LogP contribution is -2.39. The Kier molecular flexibility index (Phi) is 2.38. The summed E-state index contributed by atoms with van der Waals surface area (Å²) in [5.41, 5.74) is 2.64. The second kappa shape index (κ2) is 3.84. The van der Waals surface area contributed by atoms with Crippen LogP contribution in [0.25, 0.3) is 11.2 Å². The molecule has 2 aliphatic rings. The normalized spacial score (nSPS) is 40.1. The van der Waals surface area contributed by atoms with E-state index in [9.17, 15) is 20.1 Å². The summed E-state index contributed by atoms with van der Waals surface area (Å²) in [5, 5.41) is 30.1. The molecular formula is C12H15N5O5. The second-order valence-corrected chi connectivity index (χ2v) is 5.89. The van der Waals surface area contributed by atoms with E-state index in [0.29, 0.717) is 0 Å². The molecule has 1 saturated heterocycles. The van der Waals surface area contributed by atoms with E-state index in [4.69, 9.17) is 10.5 Å². The van der Waals surface area contributed by atoms with Crippen LogP contribution in [0.4, 0.5) is 5.95 Å². The van der Waals surface area contributed by atoms with Gasteiger partial charge in [-0.3, -0.25) is 9.78 Å². The van der Waals surface area contributed by atoms with E-state index in [1.807, 2.05) is 0 Å². The molecule has 10 heteroatoms. The SMILES string of the molecule is CC12O[C@H](CO)C(O)C1(O)[C@@H]2n1cnc2c(=O)[nH]c(N)nc21. The van der Waals surface area contributed by atoms with E-state index >= 15 is 0 Å². The van der Waals surface area contributed by atoms with Gasteiger partial charge in [-0.2, -0.15) is 4.98 Å². The molecule has 0 radical (unpaired) electrons. The van der Waals surface area contributed by atoms with Gasteiger partial charge in [0.15, 0.2) is 11.2 Å². The van der Waals surface area contributed by atoms with Crippen LogP contribution in [0.2, 0.25) is 0 Å². The molecule has 2 aromatic rings. The maximum atomic E-state index is 11.8. The van der Waals surface area contributed by atoms with Gasteiger partial charge in [-0.05, 0) is 6.92 Å². The van der Waals surface area contributed by atoms with Crippen LogP contribution in [-0.4, -0.2) is 64.9 Å². The second-order valence-electron chi connectivity index (χ2n) is 5.89. The van der Waals surface area contributed by atoms with Crippen molar-refractivity contribution >= 4 is 17.1 Å². The highest BCUT2D eigenvalue weighted by Crippen LogP contribution is 2.67. The fourth-order valence-corrected chi connectivity index (χ4v) is 3.60. The van der Waals surface area contributed by atoms with Crippen LogP contribution < -0.4 is 11.3 Å². The summed E-state index contributed by atoms with van der Waals surface area (Å²) >= 11 is 0. The van der Waals surface area contributed by atoms with Crippen LogP contribution in [-0.2, 0) is 4.74 Å². The van der Waals surface area contributed by atoms with E-state index in [1.54, 1.807) is 6.92 Å². The molecule has 22 heavy (non-hydrogen) atoms. The maximum Gasteiger partial charge on any atom is 0.280 e. The van der Waals surface area contributed by atoms with Crippen LogP contribution in [0.15, 0.2) is 11.1 Å². The van der Waals surface area contributed by atoms with Crippen LogP contribution in [0.1, 0.15) is 13.0 Å². The Morgan fingerprint density at radius 2 is 2.32 bits per heavy atom. The summed E-state index contributed by atoms with van der Waals surface area (Å²) in [4.78, 5) is 22.2. The van der Waals surface area contributed by atoms with E-state index in [-0.39, 0.29) is 17.1 Å². The van der Waals surface area contributed by atoms with Crippen molar-refractivity contribution in [2.24, 2.45) is 0 Å². The first-order valence-corrected chi connectivity index (χ1v) is 6.76. The number of nitrogens with one attached hydrogen (secondary N) is 1. The minimum absolute atomic E-state index is 0.0723. The molecule has 118 valence electrons. The summed E-state index contributed by atoms with van der Waals surface area (Å²) < 4.78 is 7.06. The zero-order chi connectivity index (χ0) is 15.9. The number of hydrogen-bond acceptors (Lipinski definition) is 8. The first kappa shape index (κ1) is 13.6. The van der Waals surface area contributed by atoms with Gasteiger partial charge in [-0.15, -0.1) is 0 Å². The molecule has 3 heterocycles. The first-order chi connectivity index (χ1) is 10.3. The summed E-state index contributed by atoms with van der Waals surface area (Å²) in [7, 11) is 0. The Hall–Kier alpha value is -2.01. The molecule has 3 unspecified atom stereocenters. The molecule has 1 aliphatic carbocycles. The zero-order valence-corrected chi connectivity index (χ0v) is 11.6. The third kappa shape index (κ3) is 1.31. The average molecular weight is 309 g/mol. The van der Waals surface area contributed by atoms with Gasteiger partial charge in [-0.1, -0.05) is 0 Å². The van der Waals surface area contributed by atoms with Crippen LogP contribution >= 0.6 is 0 Å². The third-order valence-electron chi connectivity index (χ3n) is 4.76. The van der Waals surface area contributed by atoms with Gasteiger partial charge < -0.3 is 30.4 Å². The molecule has 2 aromatic heterocycles. The van der Waals surface area contributed by atoms with Crippen molar-refractivity contribution < 1.29 is 20.1 Å². The van der Waals surface area contributed by atoms with E-state index in [0.717, 1.165) is 0 Å². The summed E-state index contributed by atoms with van der Waals surface area (Å²) in [5.74, 6) is -0.0723. The average Bonchev–Trinajstić information content (AvgIpc) is 2.75. The maximum absolute atomic E-state index is 11.8. The van der Waals surface area contributed by atoms with Gasteiger partial charge in [0.1, 0.15) is 29.5 Å². The molecule has 6 N–H and O–H groups in total. The molecule has 4 rings (SSSR count). The molecular weight excluding hydrogens is 294 g/mol. The quantitative estimate of drug-likeness (QED) is 0.407. The summed E-state index contributed by atoms with van der Waals surface area (Å²) in [6.07, 6.45) is -0.769. The summed E-state index contributed by atoms with van der Waals surface area (Å²) in [6, 6.07) is -0.684. The minimum atomic E-state index is -1.59. The number of nitrogen functional groups attached to an aromatic ring is 1. The van der Waals surface area contributed by atoms with E-state index in [1.165, 1.54) is 10.9 Å². The number of anilines is 1. The molecule has 0 spiro atoms. The van der Waals surface area contributed by atoms with Crippen molar-refractivity contribution in [2.45, 2.75) is 36.4 Å². The smallest absolute Gasteiger partial charge is 0.280 e. The lowest BCUT2D eigenvalue weighted by molar-refractivity contribution is -0.0726. The van der Waals surface area contributed by atoms with E-state index < -0.39 is 41.6 Å². The predicted octanol–water partition coefficient (Wildman–Crippen LogP) is -2.50. The van der Waals surface area contributed by atoms with E-state index in [2.05, 4.69) is 15.0 Å². The van der Waals surface area contributed by atoms with Gasteiger partial charge in [0.05, 0.1) is 12.9 Å². The van der Waals surface area contributed by atoms with Crippen LogP contribution in [0.5, 0.6) is 0 Å². The Labute approximate surface area is 123 Å². The number of imidazole rings is 1. The monoisotopic (exact) mass is 309 g/mol. The van der Waals surface area contributed by atoms with Crippen molar-refractivity contribution in [1.82, 2.24) is 19.5 Å². The summed E-state index contributed by atoms with van der Waals surface area (Å²) in [6.45, 7) is 1.22. The number of hydrogen-bond donors (Lipinski definition) is 5. The lowest BCUT2D eigenvalue weighted by atomic mass is 10.1. The number of aromatic amines is 1. The number of ether oxygens (including phenoxy) is 1. The minimum Gasteiger partial charge on any atom is -0.394 e. The lowest BCUT2D eigenvalue weighted by Gasteiger charge is -2.21. The number of aromatic nitrogens is 4. The Balaban J connectivity index is 1.85. The third-order valence-corrected chi connectivity index (χ3v) is 4.76. The predicted molar refractivity (Wildman–Crippen MR) is 72.9 cm³/mol. The molecule has 1 saturated carbocycles. The molecule has 5 atom stereocenters. The number of H-pyrrole nitrogens is 1. The Bertz CT molecular complexity index is 833. The molecule has 0 amide bonds. The fraction of sp³-hybridized carbons (Fsp3) is 0.583. The van der Waals surface area contributed by atoms with Crippen molar-refractivity contribution in [3.63, 3.8) is 0 Å². The van der Waals surface area contributed by atoms with Gasteiger partial charge in [0.2, 0.25) is 5.95 Å². The standard InChI is InChI=1S/C12H15N5O5/c1-11-9(12(11,21)6(19)4(2-18)22-11)17-3-14-5-7(17)15-10(13)16-8(5)20/h3-4,6,9,18-19,21H,2H2,1H3,(H3,13,15,16,20)/t4-,6?,9-,11?,12?/m1/s1. The molecule has 0 aromatic carbocycles. The van der Waals surface area contributed by atoms with Crippen molar-refractivity contribution in [3.8, 4) is 0 Å². The number of nitrogens with zero attached hydrogens (tertiary/aromatic N) is 3. The number of aliphatic hydroxyl groups is 3. The van der Waals surface area contributed by atoms with Crippen LogP contribution in [0, 0.1) is 0 Å². The zero-order valence-electron chi connectivity index (χ0n) is 11.6. The molecule has 10 nitrogen and oxygen atoms in total. The van der Waals surface area contributed by atoms with Crippen molar-refractivity contribution in [2.75, 3.05) is 12.3 Å². The first-order valence-electron chi connectivity index (χ1n) is 6.76. The number of nitrogens with two attached hydrogens (primary N) is 1. The largest absolute Gasteiger partial charge is 0.394 e. The molecule has 0 bridgehead atoms. The highest BCUT2D eigenvalue weighted by molar-refractivity contribution is 5.71. The number of rotatable bonds is 2. The molecule has 2 fully saturated rings. The van der Waals surface area contributed by atoms with Crippen LogP contribution in [0.3, 0.4) is 0 Å². The van der Waals surface area contributed by atoms with Gasteiger partial charge >= 0.3 is 0 Å². The van der Waals surface area contributed by atoms with Crippen molar-refractivity contribution in [3.05, 3.63) is 16.7 Å². The molecule has 1 aliphatic heterocycles. The number of fused-ring (bicyclic) bond motifs is 2. The fourth-order valence-electron chi connectivity index (χ4n) is 3.60. The van der Waals surface area contributed by atoms with Crippen molar-refractivity contribution in [1.29, 1.82) is 0 Å². The topological polar surface area (TPSA) is 160 Å². The number of aliphatic hydroxyl groups excluding tert-OH is 2. The van der Waals surface area contributed by atoms with Gasteiger partial charge in [-0.25, -0.2) is 4.98 Å². The van der Waals surface area contributed by atoms with Gasteiger partial charge in [0.25, 0.3) is 5.56 Å². The highest BCUT2D eigenvalue weighted by atomic mass is 16.6. The Morgan fingerprint density at radius 3 is 2.91 bits per heavy atom. The highest BCUT2D eigenvalue weighted by Gasteiger charge is 2.85.